The van der Waals surface area contributed by atoms with Crippen molar-refractivity contribution in [2.75, 3.05) is 19.6 Å². The molecule has 3 heterocycles. The average Bonchev–Trinajstić information content (AvgIpc) is 3.40. The van der Waals surface area contributed by atoms with Crippen LogP contribution in [-0.4, -0.2) is 35.4 Å². The largest absolute Gasteiger partial charge is 0.354 e. The highest BCUT2D eigenvalue weighted by Crippen LogP contribution is 2.28. The minimum Gasteiger partial charge on any atom is -0.354 e. The van der Waals surface area contributed by atoms with E-state index in [-0.39, 0.29) is 11.9 Å². The maximum Gasteiger partial charge on any atom is 0.224 e. The van der Waals surface area contributed by atoms with Crippen LogP contribution in [0.15, 0.2) is 41.8 Å². The highest BCUT2D eigenvalue weighted by molar-refractivity contribution is 7.10. The molecule has 1 atom stereocenters. The van der Waals surface area contributed by atoms with E-state index in [9.17, 15) is 4.79 Å². The van der Waals surface area contributed by atoms with Crippen LogP contribution in [0.5, 0.6) is 0 Å². The van der Waals surface area contributed by atoms with Gasteiger partial charge in [0, 0.05) is 22.5 Å². The molecule has 0 saturated carbocycles. The van der Waals surface area contributed by atoms with E-state index in [0.29, 0.717) is 13.0 Å². The molecule has 0 bridgehead atoms. The summed E-state index contributed by atoms with van der Waals surface area (Å²) in [6.07, 6.45) is 2.88. The third kappa shape index (κ3) is 3.96. The first kappa shape index (κ1) is 19.1. The Hall–Kier alpha value is -2.24. The second-order valence-corrected chi connectivity index (χ2v) is 8.55. The van der Waals surface area contributed by atoms with E-state index in [2.05, 4.69) is 40.7 Å². The fraction of sp³-hybridized carbons (Fsp3) is 0.391. The van der Waals surface area contributed by atoms with Gasteiger partial charge in [0.05, 0.1) is 18.0 Å². The molecule has 1 N–H and O–H groups in total. The Balaban J connectivity index is 1.47. The average molecular weight is 394 g/mol. The number of benzene rings is 1. The van der Waals surface area contributed by atoms with E-state index in [1.165, 1.54) is 17.7 Å². The summed E-state index contributed by atoms with van der Waals surface area (Å²) in [5, 5.41) is 6.45. The minimum absolute atomic E-state index is 0.0732. The Morgan fingerprint density at radius 2 is 1.96 bits per heavy atom. The Labute approximate surface area is 170 Å². The van der Waals surface area contributed by atoms with E-state index in [1.54, 1.807) is 11.3 Å². The SMILES string of the molecule is Cc1nc2ccccc2c(C)c1CC(=O)NC[C@@H](c1cccs1)N1CCCC1. The first-order valence-electron chi connectivity index (χ1n) is 10.0. The molecule has 28 heavy (non-hydrogen) atoms. The first-order chi connectivity index (χ1) is 13.6. The molecule has 2 aromatic heterocycles. The van der Waals surface area contributed by atoms with Crippen molar-refractivity contribution < 1.29 is 4.79 Å². The summed E-state index contributed by atoms with van der Waals surface area (Å²) in [5.41, 5.74) is 4.15. The fourth-order valence-corrected chi connectivity index (χ4v) is 5.07. The Bertz CT molecular complexity index is 961. The second kappa shape index (κ2) is 8.41. The monoisotopic (exact) mass is 393 g/mol. The fourth-order valence-electron chi connectivity index (χ4n) is 4.21. The smallest absolute Gasteiger partial charge is 0.224 e. The summed E-state index contributed by atoms with van der Waals surface area (Å²) in [5.74, 6) is 0.0732. The highest BCUT2D eigenvalue weighted by Gasteiger charge is 2.25. The number of thiophene rings is 1. The number of nitrogens with zero attached hydrogens (tertiary/aromatic N) is 2. The van der Waals surface area contributed by atoms with Crippen LogP contribution >= 0.6 is 11.3 Å². The van der Waals surface area contributed by atoms with Gasteiger partial charge in [0.15, 0.2) is 0 Å². The van der Waals surface area contributed by atoms with Gasteiger partial charge < -0.3 is 5.32 Å². The van der Waals surface area contributed by atoms with Gasteiger partial charge in [-0.3, -0.25) is 14.7 Å². The molecule has 1 amide bonds. The molecule has 3 aromatic rings. The lowest BCUT2D eigenvalue weighted by Gasteiger charge is -2.27. The summed E-state index contributed by atoms with van der Waals surface area (Å²) in [6.45, 7) is 6.99. The van der Waals surface area contributed by atoms with E-state index in [0.717, 1.165) is 40.8 Å². The Kier molecular flexibility index (Phi) is 5.74. The van der Waals surface area contributed by atoms with Crippen LogP contribution in [0.3, 0.4) is 0 Å². The zero-order chi connectivity index (χ0) is 19.5. The number of aryl methyl sites for hydroxylation is 2. The van der Waals surface area contributed by atoms with Crippen LogP contribution in [0.2, 0.25) is 0 Å². The number of para-hydroxylation sites is 1. The van der Waals surface area contributed by atoms with Crippen molar-refractivity contribution in [2.45, 2.75) is 39.2 Å². The molecule has 0 radical (unpaired) electrons. The molecule has 4 nitrogen and oxygen atoms in total. The lowest BCUT2D eigenvalue weighted by molar-refractivity contribution is -0.120. The van der Waals surface area contributed by atoms with Gasteiger partial charge in [0.1, 0.15) is 0 Å². The van der Waals surface area contributed by atoms with Crippen LogP contribution in [0.25, 0.3) is 10.9 Å². The molecule has 0 aliphatic carbocycles. The number of likely N-dealkylation sites (tertiary alicyclic amines) is 1. The molecule has 1 aliphatic rings. The quantitative estimate of drug-likeness (QED) is 0.675. The van der Waals surface area contributed by atoms with E-state index < -0.39 is 0 Å². The molecule has 146 valence electrons. The number of aromatic nitrogens is 1. The number of amides is 1. The minimum atomic E-state index is 0.0732. The van der Waals surface area contributed by atoms with Crippen LogP contribution in [-0.2, 0) is 11.2 Å². The number of hydrogen-bond donors (Lipinski definition) is 1. The van der Waals surface area contributed by atoms with Crippen molar-refractivity contribution >= 4 is 28.1 Å². The zero-order valence-electron chi connectivity index (χ0n) is 16.6. The highest BCUT2D eigenvalue weighted by atomic mass is 32.1. The maximum atomic E-state index is 12.8. The van der Waals surface area contributed by atoms with Crippen molar-refractivity contribution in [1.82, 2.24) is 15.2 Å². The summed E-state index contributed by atoms with van der Waals surface area (Å²) in [6, 6.07) is 12.7. The Morgan fingerprint density at radius 1 is 1.18 bits per heavy atom. The lowest BCUT2D eigenvalue weighted by Crippen LogP contribution is -2.37. The summed E-state index contributed by atoms with van der Waals surface area (Å²) >= 11 is 1.78. The first-order valence-corrected chi connectivity index (χ1v) is 10.9. The molecular weight excluding hydrogens is 366 g/mol. The van der Waals surface area contributed by atoms with Crippen molar-refractivity contribution in [1.29, 1.82) is 0 Å². The number of carbonyl (C=O) groups excluding carboxylic acids is 1. The summed E-state index contributed by atoms with van der Waals surface area (Å²) in [4.78, 5) is 21.3. The molecule has 1 fully saturated rings. The van der Waals surface area contributed by atoms with Gasteiger partial charge in [0.2, 0.25) is 5.91 Å². The third-order valence-corrected chi connectivity index (χ3v) is 6.74. The van der Waals surface area contributed by atoms with Crippen LogP contribution in [0.4, 0.5) is 0 Å². The van der Waals surface area contributed by atoms with Gasteiger partial charge in [-0.1, -0.05) is 24.3 Å². The third-order valence-electron chi connectivity index (χ3n) is 5.77. The maximum absolute atomic E-state index is 12.8. The summed E-state index contributed by atoms with van der Waals surface area (Å²) < 4.78 is 0. The number of hydrogen-bond acceptors (Lipinski definition) is 4. The van der Waals surface area contributed by atoms with Gasteiger partial charge >= 0.3 is 0 Å². The van der Waals surface area contributed by atoms with Crippen molar-refractivity contribution in [2.24, 2.45) is 0 Å². The molecular formula is C23H27N3OS. The van der Waals surface area contributed by atoms with Gasteiger partial charge in [-0.2, -0.15) is 0 Å². The number of nitrogens with one attached hydrogen (secondary N) is 1. The topological polar surface area (TPSA) is 45.2 Å². The Morgan fingerprint density at radius 3 is 2.71 bits per heavy atom. The van der Waals surface area contributed by atoms with Crippen LogP contribution in [0.1, 0.15) is 40.6 Å². The van der Waals surface area contributed by atoms with Gasteiger partial charge in [-0.25, -0.2) is 0 Å². The van der Waals surface area contributed by atoms with Crippen molar-refractivity contribution in [3.8, 4) is 0 Å². The van der Waals surface area contributed by atoms with Gasteiger partial charge in [-0.05, 0) is 68.4 Å². The molecule has 1 aliphatic heterocycles. The molecule has 1 aromatic carbocycles. The number of rotatable bonds is 6. The molecule has 0 spiro atoms. The number of pyridine rings is 1. The molecule has 0 unspecified atom stereocenters. The number of fused-ring (bicyclic) bond motifs is 1. The van der Waals surface area contributed by atoms with Crippen LogP contribution < -0.4 is 5.32 Å². The molecule has 5 heteroatoms. The van der Waals surface area contributed by atoms with Gasteiger partial charge in [0.25, 0.3) is 0 Å². The second-order valence-electron chi connectivity index (χ2n) is 7.57. The number of carbonyl (C=O) groups is 1. The van der Waals surface area contributed by atoms with Crippen molar-refractivity contribution in [3.05, 3.63) is 63.5 Å². The standard InChI is InChI=1S/C23H27N3OS/c1-16-18-8-3-4-9-20(18)25-17(2)19(16)14-23(27)24-15-21(22-10-7-13-28-22)26-11-5-6-12-26/h3-4,7-10,13,21H,5-6,11-12,14-15H2,1-2H3,(H,24,27)/t21-/m0/s1. The zero-order valence-corrected chi connectivity index (χ0v) is 17.4. The van der Waals surface area contributed by atoms with E-state index >= 15 is 0 Å². The predicted molar refractivity (Wildman–Crippen MR) is 116 cm³/mol. The van der Waals surface area contributed by atoms with Crippen LogP contribution in [0, 0.1) is 13.8 Å². The normalized spacial score (nSPS) is 15.8. The summed E-state index contributed by atoms with van der Waals surface area (Å²) in [7, 11) is 0. The predicted octanol–water partition coefficient (Wildman–Crippen LogP) is 4.41. The molecule has 4 rings (SSSR count). The lowest BCUT2D eigenvalue weighted by atomic mass is 9.99. The van der Waals surface area contributed by atoms with E-state index in [1.807, 2.05) is 25.1 Å². The van der Waals surface area contributed by atoms with Gasteiger partial charge in [-0.15, -0.1) is 11.3 Å². The van der Waals surface area contributed by atoms with Crippen molar-refractivity contribution in [3.63, 3.8) is 0 Å². The molecule has 1 saturated heterocycles. The van der Waals surface area contributed by atoms with E-state index in [4.69, 9.17) is 4.98 Å².